The first-order chi connectivity index (χ1) is 7.73. The topological polar surface area (TPSA) is 81.4 Å². The van der Waals surface area contributed by atoms with E-state index in [-0.39, 0.29) is 18.4 Å². The van der Waals surface area contributed by atoms with Gasteiger partial charge in [-0.05, 0) is 12.8 Å². The molecule has 0 spiro atoms. The molecule has 1 unspecified atom stereocenters. The van der Waals surface area contributed by atoms with E-state index < -0.39 is 15.4 Å². The third kappa shape index (κ3) is 4.87. The van der Waals surface area contributed by atoms with Gasteiger partial charge < -0.3 is 10.5 Å². The van der Waals surface area contributed by atoms with Crippen LogP contribution in [0.1, 0.15) is 26.7 Å². The lowest BCUT2D eigenvalue weighted by molar-refractivity contribution is 0.127. The average Bonchev–Trinajstić information content (AvgIpc) is 2.67. The first-order valence-corrected chi connectivity index (χ1v) is 7.68. The predicted molar refractivity (Wildman–Crippen MR) is 71.3 cm³/mol. The van der Waals surface area contributed by atoms with Crippen LogP contribution in [0.15, 0.2) is 0 Å². The standard InChI is InChI=1S/C10H20N2O3S2/c1-10(2,9(11)16)7-12-17(13,14)6-8-4-3-5-15-8/h8,12H,3-7H2,1-2H3,(H2,11,16). The lowest BCUT2D eigenvalue weighted by Crippen LogP contribution is -2.43. The lowest BCUT2D eigenvalue weighted by atomic mass is 9.94. The summed E-state index contributed by atoms with van der Waals surface area (Å²) in [6.07, 6.45) is 1.55. The van der Waals surface area contributed by atoms with Crippen LogP contribution < -0.4 is 10.5 Å². The highest BCUT2D eigenvalue weighted by atomic mass is 32.2. The molecular formula is C10H20N2O3S2. The van der Waals surface area contributed by atoms with E-state index in [1.165, 1.54) is 0 Å². The second-order valence-corrected chi connectivity index (χ2v) is 7.28. The van der Waals surface area contributed by atoms with Gasteiger partial charge in [-0.1, -0.05) is 26.1 Å². The SMILES string of the molecule is CC(C)(CNS(=O)(=O)CC1CCCO1)C(N)=S. The Morgan fingerprint density at radius 1 is 1.59 bits per heavy atom. The maximum Gasteiger partial charge on any atom is 0.214 e. The molecule has 0 aliphatic carbocycles. The maximum absolute atomic E-state index is 11.8. The van der Waals surface area contributed by atoms with E-state index in [2.05, 4.69) is 4.72 Å². The number of ether oxygens (including phenoxy) is 1. The van der Waals surface area contributed by atoms with Crippen molar-refractivity contribution in [2.24, 2.45) is 11.1 Å². The summed E-state index contributed by atoms with van der Waals surface area (Å²) in [6, 6.07) is 0. The van der Waals surface area contributed by atoms with Crippen molar-refractivity contribution in [3.63, 3.8) is 0 Å². The molecule has 1 atom stereocenters. The van der Waals surface area contributed by atoms with Gasteiger partial charge in [0.25, 0.3) is 0 Å². The van der Waals surface area contributed by atoms with Crippen LogP contribution in [0.25, 0.3) is 0 Å². The monoisotopic (exact) mass is 280 g/mol. The third-order valence-corrected chi connectivity index (χ3v) is 4.78. The average molecular weight is 280 g/mol. The van der Waals surface area contributed by atoms with Crippen molar-refractivity contribution in [2.45, 2.75) is 32.8 Å². The molecule has 7 heteroatoms. The molecule has 0 bridgehead atoms. The van der Waals surface area contributed by atoms with E-state index in [0.717, 1.165) is 12.8 Å². The summed E-state index contributed by atoms with van der Waals surface area (Å²) >= 11 is 4.88. The van der Waals surface area contributed by atoms with Crippen LogP contribution in [-0.2, 0) is 14.8 Å². The van der Waals surface area contributed by atoms with Gasteiger partial charge in [0.15, 0.2) is 0 Å². The van der Waals surface area contributed by atoms with E-state index in [9.17, 15) is 8.42 Å². The fourth-order valence-corrected chi connectivity index (χ4v) is 2.98. The number of hydrogen-bond acceptors (Lipinski definition) is 4. The van der Waals surface area contributed by atoms with Gasteiger partial charge in [0.1, 0.15) is 0 Å². The Kier molecular flexibility index (Phi) is 4.88. The Morgan fingerprint density at radius 2 is 2.24 bits per heavy atom. The zero-order chi connectivity index (χ0) is 13.1. The number of nitrogens with one attached hydrogen (secondary N) is 1. The van der Waals surface area contributed by atoms with Gasteiger partial charge in [-0.15, -0.1) is 0 Å². The highest BCUT2D eigenvalue weighted by Gasteiger charge is 2.27. The van der Waals surface area contributed by atoms with Crippen molar-refractivity contribution in [2.75, 3.05) is 18.9 Å². The molecule has 17 heavy (non-hydrogen) atoms. The van der Waals surface area contributed by atoms with Crippen molar-refractivity contribution < 1.29 is 13.2 Å². The van der Waals surface area contributed by atoms with Gasteiger partial charge in [-0.3, -0.25) is 0 Å². The number of hydrogen-bond donors (Lipinski definition) is 2. The third-order valence-electron chi connectivity index (χ3n) is 2.83. The molecule has 1 saturated heterocycles. The fourth-order valence-electron chi connectivity index (χ4n) is 1.46. The summed E-state index contributed by atoms with van der Waals surface area (Å²) in [5.74, 6) is 0.0143. The van der Waals surface area contributed by atoms with Gasteiger partial charge in [0.2, 0.25) is 10.0 Å². The van der Waals surface area contributed by atoms with Gasteiger partial charge in [-0.2, -0.15) is 0 Å². The van der Waals surface area contributed by atoms with Crippen molar-refractivity contribution in [3.05, 3.63) is 0 Å². The molecule has 5 nitrogen and oxygen atoms in total. The minimum Gasteiger partial charge on any atom is -0.393 e. The quantitative estimate of drug-likeness (QED) is 0.688. The molecule has 0 aromatic rings. The second-order valence-electron chi connectivity index (χ2n) is 4.99. The molecule has 1 aliphatic rings. The summed E-state index contributed by atoms with van der Waals surface area (Å²) in [6.45, 7) is 4.49. The Balaban J connectivity index is 2.46. The van der Waals surface area contributed by atoms with E-state index in [4.69, 9.17) is 22.7 Å². The highest BCUT2D eigenvalue weighted by molar-refractivity contribution is 7.89. The van der Waals surface area contributed by atoms with Crippen LogP contribution in [0.4, 0.5) is 0 Å². The Hall–Kier alpha value is -0.240. The van der Waals surface area contributed by atoms with E-state index in [0.29, 0.717) is 11.6 Å². The molecule has 1 rings (SSSR count). The van der Waals surface area contributed by atoms with Gasteiger partial charge in [0, 0.05) is 18.6 Å². The minimum absolute atomic E-state index is 0.0143. The lowest BCUT2D eigenvalue weighted by Gasteiger charge is -2.23. The number of thiocarbonyl (C=S) groups is 1. The molecule has 0 amide bonds. The predicted octanol–water partition coefficient (Wildman–Crippen LogP) is 0.397. The summed E-state index contributed by atoms with van der Waals surface area (Å²) in [7, 11) is -3.32. The maximum atomic E-state index is 11.8. The summed E-state index contributed by atoms with van der Waals surface area (Å²) in [4.78, 5) is 0.303. The molecule has 3 N–H and O–H groups in total. The van der Waals surface area contributed by atoms with Crippen molar-refractivity contribution in [1.82, 2.24) is 4.72 Å². The zero-order valence-corrected chi connectivity index (χ0v) is 11.9. The summed E-state index contributed by atoms with van der Waals surface area (Å²) in [5.41, 5.74) is 5.02. The molecular weight excluding hydrogens is 260 g/mol. The van der Waals surface area contributed by atoms with Crippen molar-refractivity contribution >= 4 is 27.2 Å². The molecule has 1 heterocycles. The number of sulfonamides is 1. The number of rotatable bonds is 6. The summed E-state index contributed by atoms with van der Waals surface area (Å²) < 4.78 is 31.4. The molecule has 0 radical (unpaired) electrons. The molecule has 0 aromatic heterocycles. The Bertz CT molecular complexity index is 373. The van der Waals surface area contributed by atoms with Gasteiger partial charge in [-0.25, -0.2) is 13.1 Å². The highest BCUT2D eigenvalue weighted by Crippen LogP contribution is 2.16. The van der Waals surface area contributed by atoms with Gasteiger partial charge >= 0.3 is 0 Å². The van der Waals surface area contributed by atoms with Crippen LogP contribution in [0.5, 0.6) is 0 Å². The molecule has 1 aliphatic heterocycles. The van der Waals surface area contributed by atoms with Crippen LogP contribution in [0.2, 0.25) is 0 Å². The first kappa shape index (κ1) is 14.8. The molecule has 1 fully saturated rings. The van der Waals surface area contributed by atoms with Crippen LogP contribution >= 0.6 is 12.2 Å². The fraction of sp³-hybridized carbons (Fsp3) is 0.900. The smallest absolute Gasteiger partial charge is 0.214 e. The molecule has 100 valence electrons. The van der Waals surface area contributed by atoms with E-state index in [1.54, 1.807) is 0 Å². The summed E-state index contributed by atoms with van der Waals surface area (Å²) in [5, 5.41) is 0. The van der Waals surface area contributed by atoms with Crippen molar-refractivity contribution in [3.8, 4) is 0 Å². The second kappa shape index (κ2) is 5.60. The van der Waals surface area contributed by atoms with Crippen LogP contribution in [0, 0.1) is 5.41 Å². The normalized spacial score (nSPS) is 21.6. The largest absolute Gasteiger partial charge is 0.393 e. The zero-order valence-electron chi connectivity index (χ0n) is 10.2. The molecule has 0 aromatic carbocycles. The Morgan fingerprint density at radius 3 is 2.71 bits per heavy atom. The number of nitrogens with two attached hydrogens (primary N) is 1. The minimum atomic E-state index is -3.32. The van der Waals surface area contributed by atoms with Gasteiger partial charge in [0.05, 0.1) is 16.8 Å². The van der Waals surface area contributed by atoms with Crippen LogP contribution in [-0.4, -0.2) is 38.4 Å². The van der Waals surface area contributed by atoms with Crippen molar-refractivity contribution in [1.29, 1.82) is 0 Å². The van der Waals surface area contributed by atoms with E-state index in [1.807, 2.05) is 13.8 Å². The Labute approximate surface area is 108 Å². The van der Waals surface area contributed by atoms with Crippen LogP contribution in [0.3, 0.4) is 0 Å². The molecule has 0 saturated carbocycles. The first-order valence-electron chi connectivity index (χ1n) is 5.62. The van der Waals surface area contributed by atoms with E-state index >= 15 is 0 Å².